The topological polar surface area (TPSA) is 114 Å². The molecule has 1 unspecified atom stereocenters. The standard InChI is InChI=1S/C13H21N3O4S/c1-10(20-2)9-15-6-7-21(18,19)12-5-3-4-11(8-12)13(14)16-17/h3-5,8,10,15,17H,6-7,9H2,1-2H3,(H2,14,16). The van der Waals surface area contributed by atoms with Crippen molar-refractivity contribution in [3.05, 3.63) is 29.8 Å². The molecule has 0 saturated heterocycles. The molecule has 0 saturated carbocycles. The Labute approximate surface area is 124 Å². The number of hydrogen-bond donors (Lipinski definition) is 3. The van der Waals surface area contributed by atoms with E-state index in [-0.39, 0.29) is 22.6 Å². The minimum absolute atomic E-state index is 0.0246. The van der Waals surface area contributed by atoms with E-state index in [1.807, 2.05) is 6.92 Å². The number of nitrogens with zero attached hydrogens (tertiary/aromatic N) is 1. The van der Waals surface area contributed by atoms with E-state index in [0.717, 1.165) is 0 Å². The summed E-state index contributed by atoms with van der Waals surface area (Å²) in [7, 11) is -1.83. The minimum atomic E-state index is -3.42. The molecule has 1 aromatic carbocycles. The Morgan fingerprint density at radius 3 is 2.86 bits per heavy atom. The molecule has 1 rings (SSSR count). The molecule has 1 atom stereocenters. The number of sulfone groups is 1. The molecule has 0 radical (unpaired) electrons. The van der Waals surface area contributed by atoms with Gasteiger partial charge < -0.3 is 21.0 Å². The summed E-state index contributed by atoms with van der Waals surface area (Å²) in [6.45, 7) is 2.79. The molecule has 0 bridgehead atoms. The quantitative estimate of drug-likeness (QED) is 0.207. The number of ether oxygens (including phenoxy) is 1. The van der Waals surface area contributed by atoms with Gasteiger partial charge in [-0.05, 0) is 19.1 Å². The summed E-state index contributed by atoms with van der Waals surface area (Å²) < 4.78 is 29.4. The second kappa shape index (κ2) is 7.96. The van der Waals surface area contributed by atoms with Gasteiger partial charge in [-0.15, -0.1) is 0 Å². The van der Waals surface area contributed by atoms with E-state index in [9.17, 15) is 8.42 Å². The van der Waals surface area contributed by atoms with Crippen molar-refractivity contribution in [1.82, 2.24) is 5.32 Å². The van der Waals surface area contributed by atoms with Crippen molar-refractivity contribution in [1.29, 1.82) is 0 Å². The molecule has 1 aromatic rings. The van der Waals surface area contributed by atoms with Gasteiger partial charge in [0.15, 0.2) is 15.7 Å². The molecule has 7 nitrogen and oxygen atoms in total. The van der Waals surface area contributed by atoms with E-state index < -0.39 is 9.84 Å². The summed E-state index contributed by atoms with van der Waals surface area (Å²) in [4.78, 5) is 0.146. The van der Waals surface area contributed by atoms with Crippen molar-refractivity contribution in [2.75, 3.05) is 26.0 Å². The van der Waals surface area contributed by atoms with Crippen LogP contribution < -0.4 is 11.1 Å². The summed E-state index contributed by atoms with van der Waals surface area (Å²) in [5.74, 6) is -0.164. The Hall–Kier alpha value is -1.64. The average Bonchev–Trinajstić information content (AvgIpc) is 2.50. The van der Waals surface area contributed by atoms with Crippen LogP contribution in [0.2, 0.25) is 0 Å². The Morgan fingerprint density at radius 2 is 2.24 bits per heavy atom. The summed E-state index contributed by atoms with van der Waals surface area (Å²) in [6, 6.07) is 6.01. The van der Waals surface area contributed by atoms with Crippen LogP contribution in [0.25, 0.3) is 0 Å². The van der Waals surface area contributed by atoms with Crippen molar-refractivity contribution >= 4 is 15.7 Å². The number of benzene rings is 1. The van der Waals surface area contributed by atoms with E-state index >= 15 is 0 Å². The van der Waals surface area contributed by atoms with Crippen LogP contribution in [-0.2, 0) is 14.6 Å². The van der Waals surface area contributed by atoms with Crippen molar-refractivity contribution in [3.8, 4) is 0 Å². The molecular weight excluding hydrogens is 294 g/mol. The molecule has 118 valence electrons. The van der Waals surface area contributed by atoms with Gasteiger partial charge in [0, 0.05) is 25.8 Å². The zero-order valence-corrected chi connectivity index (χ0v) is 12.9. The second-order valence-corrected chi connectivity index (χ2v) is 6.69. The monoisotopic (exact) mass is 315 g/mol. The Kier molecular flexibility index (Phi) is 6.60. The number of hydrogen-bond acceptors (Lipinski definition) is 6. The first kappa shape index (κ1) is 17.4. The van der Waals surface area contributed by atoms with Gasteiger partial charge in [0.25, 0.3) is 0 Å². The third-order valence-electron chi connectivity index (χ3n) is 2.98. The van der Waals surface area contributed by atoms with Gasteiger partial charge in [-0.2, -0.15) is 0 Å². The summed E-state index contributed by atoms with van der Waals surface area (Å²) in [5.41, 5.74) is 5.82. The molecule has 0 aliphatic carbocycles. The predicted octanol–water partition coefficient (Wildman–Crippen LogP) is 0.179. The first-order chi connectivity index (χ1) is 9.90. The maximum Gasteiger partial charge on any atom is 0.179 e. The van der Waals surface area contributed by atoms with Crippen LogP contribution in [0, 0.1) is 0 Å². The lowest BCUT2D eigenvalue weighted by molar-refractivity contribution is 0.118. The predicted molar refractivity (Wildman–Crippen MR) is 80.3 cm³/mol. The fourth-order valence-electron chi connectivity index (χ4n) is 1.62. The third kappa shape index (κ3) is 5.33. The maximum atomic E-state index is 12.2. The zero-order valence-electron chi connectivity index (χ0n) is 12.1. The van der Waals surface area contributed by atoms with Gasteiger partial charge in [0.2, 0.25) is 0 Å². The lowest BCUT2D eigenvalue weighted by Gasteiger charge is -2.11. The number of amidine groups is 1. The lowest BCUT2D eigenvalue weighted by atomic mass is 10.2. The highest BCUT2D eigenvalue weighted by Gasteiger charge is 2.15. The fourth-order valence-corrected chi connectivity index (χ4v) is 2.86. The molecule has 4 N–H and O–H groups in total. The lowest BCUT2D eigenvalue weighted by Crippen LogP contribution is -2.30. The van der Waals surface area contributed by atoms with Gasteiger partial charge in [-0.1, -0.05) is 17.3 Å². The van der Waals surface area contributed by atoms with Crippen LogP contribution in [-0.4, -0.2) is 51.5 Å². The summed E-state index contributed by atoms with van der Waals surface area (Å²) >= 11 is 0. The number of rotatable bonds is 8. The molecule has 0 aromatic heterocycles. The fraction of sp³-hybridized carbons (Fsp3) is 0.462. The molecule has 0 aliphatic rings. The smallest absolute Gasteiger partial charge is 0.179 e. The van der Waals surface area contributed by atoms with Gasteiger partial charge in [-0.3, -0.25) is 0 Å². The molecule has 8 heteroatoms. The summed E-state index contributed by atoms with van der Waals surface area (Å²) in [6.07, 6.45) is 0.0246. The molecule has 0 heterocycles. The summed E-state index contributed by atoms with van der Waals surface area (Å²) in [5, 5.41) is 14.5. The number of methoxy groups -OCH3 is 1. The highest BCUT2D eigenvalue weighted by Crippen LogP contribution is 2.13. The average molecular weight is 315 g/mol. The van der Waals surface area contributed by atoms with E-state index in [0.29, 0.717) is 18.7 Å². The van der Waals surface area contributed by atoms with Gasteiger partial charge in [0.05, 0.1) is 16.8 Å². The van der Waals surface area contributed by atoms with Gasteiger partial charge >= 0.3 is 0 Å². The van der Waals surface area contributed by atoms with Crippen LogP contribution in [0.3, 0.4) is 0 Å². The van der Waals surface area contributed by atoms with E-state index in [1.54, 1.807) is 19.2 Å². The Balaban J connectivity index is 2.70. The molecule has 0 spiro atoms. The number of nitrogens with two attached hydrogens (primary N) is 1. The molecule has 21 heavy (non-hydrogen) atoms. The van der Waals surface area contributed by atoms with Crippen LogP contribution in [0.5, 0.6) is 0 Å². The van der Waals surface area contributed by atoms with Crippen molar-refractivity contribution < 1.29 is 18.4 Å². The van der Waals surface area contributed by atoms with Crippen molar-refractivity contribution in [2.24, 2.45) is 10.9 Å². The SMILES string of the molecule is COC(C)CNCCS(=O)(=O)c1cccc(/C(N)=N/O)c1. The van der Waals surface area contributed by atoms with Crippen LogP contribution in [0.15, 0.2) is 34.3 Å². The normalized spacial score (nSPS) is 14.1. The van der Waals surface area contributed by atoms with E-state index in [4.69, 9.17) is 15.7 Å². The van der Waals surface area contributed by atoms with Crippen LogP contribution in [0.1, 0.15) is 12.5 Å². The Bertz CT molecular complexity index is 587. The van der Waals surface area contributed by atoms with Crippen molar-refractivity contribution in [3.63, 3.8) is 0 Å². The minimum Gasteiger partial charge on any atom is -0.409 e. The molecule has 0 aliphatic heterocycles. The van der Waals surface area contributed by atoms with Gasteiger partial charge in [0.1, 0.15) is 0 Å². The van der Waals surface area contributed by atoms with Crippen LogP contribution >= 0.6 is 0 Å². The first-order valence-electron chi connectivity index (χ1n) is 6.45. The molecule has 0 amide bonds. The zero-order chi connectivity index (χ0) is 15.9. The first-order valence-corrected chi connectivity index (χ1v) is 8.10. The second-order valence-electron chi connectivity index (χ2n) is 4.58. The van der Waals surface area contributed by atoms with E-state index in [2.05, 4.69) is 10.5 Å². The van der Waals surface area contributed by atoms with Gasteiger partial charge in [-0.25, -0.2) is 8.42 Å². The van der Waals surface area contributed by atoms with Crippen LogP contribution in [0.4, 0.5) is 0 Å². The van der Waals surface area contributed by atoms with Crippen molar-refractivity contribution in [2.45, 2.75) is 17.9 Å². The maximum absolute atomic E-state index is 12.2. The third-order valence-corrected chi connectivity index (χ3v) is 4.69. The number of nitrogens with one attached hydrogen (secondary N) is 1. The molecule has 0 fully saturated rings. The highest BCUT2D eigenvalue weighted by molar-refractivity contribution is 7.91. The number of oxime groups is 1. The highest BCUT2D eigenvalue weighted by atomic mass is 32.2. The largest absolute Gasteiger partial charge is 0.409 e. The van der Waals surface area contributed by atoms with E-state index in [1.165, 1.54) is 12.1 Å². The Morgan fingerprint density at radius 1 is 1.52 bits per heavy atom. The molecular formula is C13H21N3O4S.